The third-order valence-corrected chi connectivity index (χ3v) is 10.3. The number of hydrogen-bond acceptors (Lipinski definition) is 9. The van der Waals surface area contributed by atoms with Gasteiger partial charge in [-0.15, -0.1) is 22.7 Å². The summed E-state index contributed by atoms with van der Waals surface area (Å²) in [6, 6.07) is 18.0. The van der Waals surface area contributed by atoms with Crippen molar-refractivity contribution in [2.75, 3.05) is 7.05 Å². The van der Waals surface area contributed by atoms with E-state index in [1.807, 2.05) is 66.0 Å². The number of rotatable bonds is 18. The van der Waals surface area contributed by atoms with Crippen molar-refractivity contribution in [3.05, 3.63) is 123 Å². The van der Waals surface area contributed by atoms with Gasteiger partial charge in [0.15, 0.2) is 0 Å². The van der Waals surface area contributed by atoms with Crippen molar-refractivity contribution in [2.45, 2.75) is 83.1 Å². The lowest BCUT2D eigenvalue weighted by Crippen LogP contribution is -2.53. The van der Waals surface area contributed by atoms with Crippen molar-refractivity contribution in [3.8, 4) is 0 Å². The van der Waals surface area contributed by atoms with Gasteiger partial charge in [0.1, 0.15) is 12.6 Å². The number of H-pyrrole nitrogens is 1. The number of carbonyl (C=O) groups is 3. The Morgan fingerprint density at radius 3 is 2.12 bits per heavy atom. The highest BCUT2D eigenvalue weighted by atomic mass is 32.1. The predicted molar refractivity (Wildman–Crippen MR) is 203 cm³/mol. The minimum absolute atomic E-state index is 0.141. The van der Waals surface area contributed by atoms with E-state index < -0.39 is 18.2 Å². The van der Waals surface area contributed by atoms with Gasteiger partial charge in [0, 0.05) is 49.2 Å². The van der Waals surface area contributed by atoms with Crippen LogP contribution in [0.3, 0.4) is 0 Å². The number of urea groups is 1. The fraction of sp³-hybridized carbons (Fsp3) is 0.368. The lowest BCUT2D eigenvalue weighted by Gasteiger charge is -2.27. The summed E-state index contributed by atoms with van der Waals surface area (Å²) in [5, 5.41) is 12.2. The van der Waals surface area contributed by atoms with Gasteiger partial charge in [0.05, 0.1) is 39.7 Å². The minimum Gasteiger partial charge on any atom is -0.444 e. The number of amides is 4. The van der Waals surface area contributed by atoms with Gasteiger partial charge in [0.2, 0.25) is 5.91 Å². The molecule has 3 heterocycles. The summed E-state index contributed by atoms with van der Waals surface area (Å²) in [4.78, 5) is 58.8. The summed E-state index contributed by atoms with van der Waals surface area (Å²) < 4.78 is 5.50. The molecular formula is C38H46N8O4S2. The number of carbonyl (C=O) groups excluding carboxylic acids is 3. The molecule has 4 amide bonds. The van der Waals surface area contributed by atoms with E-state index >= 15 is 0 Å². The van der Waals surface area contributed by atoms with Crippen LogP contribution in [-0.4, -0.2) is 68.0 Å². The Bertz CT molecular complexity index is 1800. The number of hydrogen-bond donors (Lipinski definition) is 4. The summed E-state index contributed by atoms with van der Waals surface area (Å²) in [7, 11) is 1.69. The van der Waals surface area contributed by atoms with Crippen molar-refractivity contribution < 1.29 is 19.1 Å². The highest BCUT2D eigenvalue weighted by Crippen LogP contribution is 2.20. The first-order valence-corrected chi connectivity index (χ1v) is 19.1. The van der Waals surface area contributed by atoms with Crippen LogP contribution in [0.15, 0.2) is 90.3 Å². The first-order chi connectivity index (χ1) is 25.2. The average Bonchev–Trinajstić information content (AvgIpc) is 3.95. The number of ether oxygens (including phenoxy) is 1. The molecule has 0 unspecified atom stereocenters. The highest BCUT2D eigenvalue weighted by Gasteiger charge is 2.27. The van der Waals surface area contributed by atoms with Gasteiger partial charge in [-0.3, -0.25) is 9.78 Å². The summed E-state index contributed by atoms with van der Waals surface area (Å²) in [5.41, 5.74) is 5.27. The lowest BCUT2D eigenvalue weighted by molar-refractivity contribution is -0.123. The number of nitrogens with one attached hydrogen (secondary N) is 4. The molecule has 4 N–H and O–H groups in total. The van der Waals surface area contributed by atoms with Gasteiger partial charge in [-0.05, 0) is 36.8 Å². The second-order valence-corrected chi connectivity index (χ2v) is 14.9. The molecule has 0 saturated heterocycles. The Balaban J connectivity index is 1.28. The zero-order valence-corrected chi connectivity index (χ0v) is 31.3. The molecule has 0 fully saturated rings. The van der Waals surface area contributed by atoms with E-state index in [9.17, 15) is 14.4 Å². The zero-order chi connectivity index (χ0) is 36.7. The quantitative estimate of drug-likeness (QED) is 0.0829. The topological polar surface area (TPSA) is 154 Å². The highest BCUT2D eigenvalue weighted by molar-refractivity contribution is 7.09. The maximum absolute atomic E-state index is 14.1. The molecule has 52 heavy (non-hydrogen) atoms. The Morgan fingerprint density at radius 1 is 0.865 bits per heavy atom. The van der Waals surface area contributed by atoms with Crippen LogP contribution in [0.1, 0.15) is 65.0 Å². The molecule has 0 spiro atoms. The van der Waals surface area contributed by atoms with Crippen molar-refractivity contribution in [1.82, 2.24) is 40.8 Å². The summed E-state index contributed by atoms with van der Waals surface area (Å²) >= 11 is 3.00. The Labute approximate surface area is 312 Å². The Kier molecular flexibility index (Phi) is 14.3. The average molecular weight is 743 g/mol. The predicted octanol–water partition coefficient (Wildman–Crippen LogP) is 6.24. The second kappa shape index (κ2) is 19.5. The van der Waals surface area contributed by atoms with Gasteiger partial charge < -0.3 is 30.6 Å². The van der Waals surface area contributed by atoms with Crippen molar-refractivity contribution in [1.29, 1.82) is 0 Å². The smallest absolute Gasteiger partial charge is 0.407 e. The molecule has 0 aliphatic heterocycles. The maximum Gasteiger partial charge on any atom is 0.407 e. The van der Waals surface area contributed by atoms with Gasteiger partial charge in [-0.2, -0.15) is 0 Å². The number of nitrogens with zero attached hydrogens (tertiary/aromatic N) is 4. The summed E-state index contributed by atoms with van der Waals surface area (Å²) in [6.07, 6.45) is 6.90. The molecule has 14 heteroatoms. The van der Waals surface area contributed by atoms with Crippen LogP contribution < -0.4 is 16.0 Å². The molecule has 274 valence electrons. The summed E-state index contributed by atoms with van der Waals surface area (Å²) in [5.74, 6) is -0.0194. The molecule has 3 atom stereocenters. The second-order valence-electron chi connectivity index (χ2n) is 13.0. The summed E-state index contributed by atoms with van der Waals surface area (Å²) in [6.45, 7) is 4.62. The molecule has 12 nitrogen and oxygen atoms in total. The van der Waals surface area contributed by atoms with E-state index in [1.165, 1.54) is 16.2 Å². The van der Waals surface area contributed by atoms with Gasteiger partial charge in [-0.25, -0.2) is 19.6 Å². The number of imidazole rings is 1. The third-order valence-electron chi connectivity index (χ3n) is 8.40. The molecule has 0 saturated carbocycles. The van der Waals surface area contributed by atoms with Crippen LogP contribution in [-0.2, 0) is 41.9 Å². The number of alkyl carbamates (subject to hydrolysis) is 1. The van der Waals surface area contributed by atoms with E-state index in [0.29, 0.717) is 43.8 Å². The largest absolute Gasteiger partial charge is 0.444 e. The van der Waals surface area contributed by atoms with Crippen LogP contribution in [0.25, 0.3) is 0 Å². The number of aromatic amines is 1. The standard InChI is InChI=1S/C38H46N8O4S2/c1-26(2)36-43-32(23-51-36)21-46(3)37(48)45-34(18-31-19-39-24-41-31)35(47)42-29(16-27-10-6-4-7-11-27)14-15-30(17-28-12-8-5-9-13-28)44-38(49)50-22-33-20-40-25-52-33/h4-13,19-20,23-26,29-30,34H,14-18,21-22H2,1-3H3,(H,39,41)(H,42,47)(H,44,49)(H,45,48)/t29-,30-,34+/m1/s1. The van der Waals surface area contributed by atoms with E-state index in [2.05, 4.69) is 49.7 Å². The third kappa shape index (κ3) is 12.3. The van der Waals surface area contributed by atoms with E-state index in [-0.39, 0.29) is 31.0 Å². The van der Waals surface area contributed by atoms with Crippen LogP contribution in [0.4, 0.5) is 9.59 Å². The normalized spacial score (nSPS) is 12.8. The molecular weight excluding hydrogens is 697 g/mol. The molecule has 0 bridgehead atoms. The molecule has 5 aromatic rings. The number of aromatic nitrogens is 4. The van der Waals surface area contributed by atoms with Gasteiger partial charge in [0.25, 0.3) is 0 Å². The van der Waals surface area contributed by atoms with E-state index in [4.69, 9.17) is 4.74 Å². The molecule has 2 aromatic carbocycles. The fourth-order valence-electron chi connectivity index (χ4n) is 5.67. The van der Waals surface area contributed by atoms with Crippen molar-refractivity contribution >= 4 is 40.7 Å². The molecule has 0 aliphatic rings. The SMILES string of the molecule is CC(C)c1nc(CN(C)C(=O)N[C@@H](Cc2c[nH]cn2)C(=O)N[C@H](CC[C@H](Cc2ccccc2)NC(=O)OCc2cncs2)Cc2ccccc2)cs1. The van der Waals surface area contributed by atoms with Crippen LogP contribution in [0.5, 0.6) is 0 Å². The van der Waals surface area contributed by atoms with Crippen molar-refractivity contribution in [3.63, 3.8) is 0 Å². The number of thiazole rings is 2. The lowest BCUT2D eigenvalue weighted by atomic mass is 9.95. The fourth-order valence-corrected chi connectivity index (χ4v) is 7.00. The molecule has 5 rings (SSSR count). The maximum atomic E-state index is 14.1. The van der Waals surface area contributed by atoms with Gasteiger partial charge in [-0.1, -0.05) is 74.5 Å². The van der Waals surface area contributed by atoms with Crippen LogP contribution >= 0.6 is 22.7 Å². The monoisotopic (exact) mass is 742 g/mol. The van der Waals surface area contributed by atoms with Crippen molar-refractivity contribution in [2.24, 2.45) is 0 Å². The van der Waals surface area contributed by atoms with E-state index in [1.54, 1.807) is 42.6 Å². The van der Waals surface area contributed by atoms with Crippen LogP contribution in [0.2, 0.25) is 0 Å². The molecule has 0 radical (unpaired) electrons. The number of benzene rings is 2. The van der Waals surface area contributed by atoms with Crippen LogP contribution in [0, 0.1) is 0 Å². The zero-order valence-electron chi connectivity index (χ0n) is 29.7. The first-order valence-electron chi connectivity index (χ1n) is 17.3. The molecule has 3 aromatic heterocycles. The van der Waals surface area contributed by atoms with Gasteiger partial charge >= 0.3 is 12.1 Å². The Morgan fingerprint density at radius 2 is 1.54 bits per heavy atom. The van der Waals surface area contributed by atoms with E-state index in [0.717, 1.165) is 26.7 Å². The Hall–Kier alpha value is -5.08. The molecule has 0 aliphatic carbocycles. The first kappa shape index (κ1) is 38.2. The minimum atomic E-state index is -0.891.